The normalized spacial score (nSPS) is 29.1. The number of terminal acetylenes is 1. The fraction of sp³-hybridized carbons (Fsp3) is 0.513. The lowest BCUT2D eigenvalue weighted by molar-refractivity contribution is -0.303. The Bertz CT molecular complexity index is 2170. The molecule has 3 N–H and O–H groups in total. The minimum atomic E-state index is -4.69. The highest BCUT2D eigenvalue weighted by Gasteiger charge is 2.64. The molecule has 2 aromatic heterocycles. The largest absolute Gasteiger partial charge is 0.508 e. The first kappa shape index (κ1) is 36.6. The number of benzene rings is 2. The Balaban J connectivity index is 1.19. The molecule has 0 bridgehead atoms. The van der Waals surface area contributed by atoms with Crippen LogP contribution in [0.4, 0.5) is 27.8 Å². The Morgan fingerprint density at radius 1 is 1.09 bits per heavy atom. The van der Waals surface area contributed by atoms with Crippen LogP contribution in [-0.4, -0.2) is 104 Å². The highest BCUT2D eigenvalue weighted by Crippen LogP contribution is 2.54. The highest BCUT2D eigenvalue weighted by atomic mass is 19.4. The molecule has 2 aliphatic heterocycles. The summed E-state index contributed by atoms with van der Waals surface area (Å²) in [5.41, 5.74) is -4.88. The average Bonchev–Trinajstić information content (AvgIpc) is 3.46. The van der Waals surface area contributed by atoms with Crippen LogP contribution in [0, 0.1) is 29.4 Å². The van der Waals surface area contributed by atoms with Crippen LogP contribution in [0.15, 0.2) is 30.5 Å². The van der Waals surface area contributed by atoms with Crippen LogP contribution >= 0.6 is 0 Å². The predicted octanol–water partition coefficient (Wildman–Crippen LogP) is 5.87. The summed E-state index contributed by atoms with van der Waals surface area (Å²) in [7, 11) is 0. The summed E-state index contributed by atoms with van der Waals surface area (Å²) < 4.78 is 84.5. The van der Waals surface area contributed by atoms with Gasteiger partial charge in [0.25, 0.3) is 0 Å². The maximum Gasteiger partial charge on any atom is 0.417 e. The number of phenolic OH excluding ortho intramolecular Hbond substituents is 1. The molecule has 2 aliphatic carbocycles. The molecule has 54 heavy (non-hydrogen) atoms. The number of piperidine rings is 1. The molecule has 4 heterocycles. The zero-order valence-electron chi connectivity index (χ0n) is 29.6. The second-order valence-corrected chi connectivity index (χ2v) is 15.6. The second kappa shape index (κ2) is 13.1. The smallest absolute Gasteiger partial charge is 0.417 e. The summed E-state index contributed by atoms with van der Waals surface area (Å²) in [5.74, 6) is 0.749. The third kappa shape index (κ3) is 6.17. The summed E-state index contributed by atoms with van der Waals surface area (Å²) in [6, 6.07) is 4.61. The summed E-state index contributed by atoms with van der Waals surface area (Å²) >= 11 is 0. The average molecular weight is 754 g/mol. The first-order chi connectivity index (χ1) is 25.6. The first-order valence-corrected chi connectivity index (χ1v) is 18.1. The van der Waals surface area contributed by atoms with Crippen molar-refractivity contribution in [2.75, 3.05) is 44.4 Å². The number of aromatic hydroxyl groups is 1. The van der Waals surface area contributed by atoms with Gasteiger partial charge in [-0.1, -0.05) is 18.4 Å². The number of rotatable bonds is 6. The molecule has 0 amide bonds. The standard InChI is InChI=1S/C39H40F5N5O5/c1-3-25-28(40)8-7-22-14-24(50)15-26(30(22)25)32-31(41)33-27(18-45-32)34(48-12-13-53-20-36(2,51)19-48)47-35(46-33)54-21-37-9-4-6-29(37)49(11-5-10-37)23-16-38(52,17-23)39(42,43)44/h1,7-8,14-15,18,23,29,50-52H,4-6,9-13,16-17,19-21H2,2H3. The molecular weight excluding hydrogens is 713 g/mol. The van der Waals surface area contributed by atoms with Crippen LogP contribution in [0.3, 0.4) is 0 Å². The zero-order chi connectivity index (χ0) is 38.2. The summed E-state index contributed by atoms with van der Waals surface area (Å²) in [6.45, 7) is 3.03. The van der Waals surface area contributed by atoms with E-state index < -0.39 is 40.5 Å². The molecule has 0 radical (unpaired) electrons. The molecule has 0 spiro atoms. The van der Waals surface area contributed by atoms with Crippen LogP contribution in [0.2, 0.25) is 0 Å². The van der Waals surface area contributed by atoms with Crippen LogP contribution < -0.4 is 9.64 Å². The number of likely N-dealkylation sites (tertiary alicyclic amines) is 1. The van der Waals surface area contributed by atoms with Gasteiger partial charge < -0.3 is 29.7 Å². The van der Waals surface area contributed by atoms with E-state index in [-0.39, 0.29) is 95.9 Å². The van der Waals surface area contributed by atoms with Crippen molar-refractivity contribution in [3.63, 3.8) is 0 Å². The maximum atomic E-state index is 17.0. The second-order valence-electron chi connectivity index (χ2n) is 15.6. The quantitative estimate of drug-likeness (QED) is 0.163. The third-order valence-corrected chi connectivity index (χ3v) is 11.8. The van der Waals surface area contributed by atoms with E-state index in [1.54, 1.807) is 11.8 Å². The number of anilines is 1. The zero-order valence-corrected chi connectivity index (χ0v) is 29.6. The van der Waals surface area contributed by atoms with E-state index in [1.165, 1.54) is 30.5 Å². The SMILES string of the molecule is C#Cc1c(F)ccc2cc(O)cc(-c3ncc4c(N5CCOCC(C)(O)C5)nc(OCC56CCCC5N(C5CC(O)(C(F)(F)F)C5)CCC6)nc4c3F)c12. The highest BCUT2D eigenvalue weighted by molar-refractivity contribution is 6.03. The molecule has 10 nitrogen and oxygen atoms in total. The number of fused-ring (bicyclic) bond motifs is 3. The van der Waals surface area contributed by atoms with Crippen LogP contribution in [0.1, 0.15) is 57.4 Å². The van der Waals surface area contributed by atoms with Gasteiger partial charge in [-0.2, -0.15) is 23.1 Å². The number of hydrogen-bond donors (Lipinski definition) is 3. The van der Waals surface area contributed by atoms with Crippen molar-refractivity contribution in [1.82, 2.24) is 19.9 Å². The number of hydrogen-bond acceptors (Lipinski definition) is 10. The summed E-state index contributed by atoms with van der Waals surface area (Å²) in [6.07, 6.45) is 5.49. The van der Waals surface area contributed by atoms with Crippen molar-refractivity contribution in [1.29, 1.82) is 0 Å². The van der Waals surface area contributed by atoms with E-state index in [4.69, 9.17) is 20.9 Å². The van der Waals surface area contributed by atoms with E-state index in [2.05, 4.69) is 20.8 Å². The van der Waals surface area contributed by atoms with Gasteiger partial charge in [0.1, 0.15) is 34.2 Å². The molecule has 4 aromatic rings. The number of pyridine rings is 1. The van der Waals surface area contributed by atoms with Crippen molar-refractivity contribution in [2.45, 2.75) is 81.3 Å². The molecule has 4 aliphatic rings. The van der Waals surface area contributed by atoms with E-state index in [1.807, 2.05) is 0 Å². The minimum absolute atomic E-state index is 0.0500. The van der Waals surface area contributed by atoms with Gasteiger partial charge in [0.2, 0.25) is 0 Å². The lowest BCUT2D eigenvalue weighted by Crippen LogP contribution is -2.66. The van der Waals surface area contributed by atoms with E-state index >= 15 is 4.39 Å². The Labute approximate surface area is 307 Å². The van der Waals surface area contributed by atoms with Crippen LogP contribution in [0.25, 0.3) is 32.9 Å². The fourth-order valence-electron chi connectivity index (χ4n) is 9.22. The minimum Gasteiger partial charge on any atom is -0.508 e. The molecule has 8 rings (SSSR count). The van der Waals surface area contributed by atoms with E-state index in [0.29, 0.717) is 18.5 Å². The van der Waals surface area contributed by atoms with Gasteiger partial charge in [-0.05, 0) is 62.7 Å². The third-order valence-electron chi connectivity index (χ3n) is 11.8. The fourth-order valence-corrected chi connectivity index (χ4v) is 9.22. The topological polar surface area (TPSA) is 124 Å². The Morgan fingerprint density at radius 3 is 2.63 bits per heavy atom. The number of aromatic nitrogens is 3. The molecule has 3 atom stereocenters. The van der Waals surface area contributed by atoms with Crippen molar-refractivity contribution in [3.8, 4) is 35.4 Å². The summed E-state index contributed by atoms with van der Waals surface area (Å²) in [5, 5.41) is 32.6. The maximum absolute atomic E-state index is 17.0. The monoisotopic (exact) mass is 753 g/mol. The van der Waals surface area contributed by atoms with Gasteiger partial charge in [-0.25, -0.2) is 8.78 Å². The number of ether oxygens (including phenoxy) is 2. The molecule has 2 aromatic carbocycles. The van der Waals surface area contributed by atoms with Crippen molar-refractivity contribution in [2.24, 2.45) is 5.41 Å². The van der Waals surface area contributed by atoms with Crippen molar-refractivity contribution in [3.05, 3.63) is 47.7 Å². The van der Waals surface area contributed by atoms with Crippen molar-refractivity contribution < 1.29 is 46.7 Å². The molecule has 4 fully saturated rings. The van der Waals surface area contributed by atoms with Gasteiger partial charge in [0.15, 0.2) is 11.4 Å². The van der Waals surface area contributed by atoms with Gasteiger partial charge in [0.05, 0.1) is 37.3 Å². The van der Waals surface area contributed by atoms with Crippen LogP contribution in [0.5, 0.6) is 11.8 Å². The van der Waals surface area contributed by atoms with Gasteiger partial charge in [-0.15, -0.1) is 6.42 Å². The number of aliphatic hydroxyl groups is 2. The number of β-amino-alcohol motifs (C(OH)–C–C–N with tert-alkyl or cyclic N) is 1. The molecule has 15 heteroatoms. The van der Waals surface area contributed by atoms with Crippen molar-refractivity contribution >= 4 is 27.5 Å². The van der Waals surface area contributed by atoms with Gasteiger partial charge in [-0.3, -0.25) is 9.88 Å². The predicted molar refractivity (Wildman–Crippen MR) is 189 cm³/mol. The number of alkyl halides is 3. The molecule has 2 saturated carbocycles. The number of halogens is 5. The van der Waals surface area contributed by atoms with E-state index in [0.717, 1.165) is 32.1 Å². The first-order valence-electron chi connectivity index (χ1n) is 18.1. The van der Waals surface area contributed by atoms with Gasteiger partial charge >= 0.3 is 12.2 Å². The Morgan fingerprint density at radius 2 is 1.87 bits per heavy atom. The van der Waals surface area contributed by atoms with Gasteiger partial charge in [0, 0.05) is 54.0 Å². The lowest BCUT2D eigenvalue weighted by Gasteiger charge is -2.55. The molecule has 2 saturated heterocycles. The Kier molecular flexibility index (Phi) is 8.91. The number of nitrogens with zero attached hydrogens (tertiary/aromatic N) is 5. The lowest BCUT2D eigenvalue weighted by atomic mass is 9.69. The number of phenols is 1. The summed E-state index contributed by atoms with van der Waals surface area (Å²) in [4.78, 5) is 17.6. The molecule has 286 valence electrons. The molecule has 3 unspecified atom stereocenters. The van der Waals surface area contributed by atoms with Crippen LogP contribution in [-0.2, 0) is 4.74 Å². The van der Waals surface area contributed by atoms with E-state index in [9.17, 15) is 32.9 Å². The molecular formula is C39H40F5N5O5. The Hall–Kier alpha value is -4.36.